The molecule has 0 spiro atoms. The van der Waals surface area contributed by atoms with E-state index in [9.17, 15) is 0 Å². The molecule has 0 aliphatic carbocycles. The van der Waals surface area contributed by atoms with Gasteiger partial charge < -0.3 is 33.2 Å². The fourth-order valence-corrected chi connectivity index (χ4v) is 5.78. The van der Waals surface area contributed by atoms with Gasteiger partial charge in [-0.3, -0.25) is 0 Å². The van der Waals surface area contributed by atoms with Crippen molar-refractivity contribution in [1.82, 2.24) is 0 Å². The van der Waals surface area contributed by atoms with Gasteiger partial charge in [0.1, 0.15) is 30.2 Å². The number of hydrogen-bond acceptors (Lipinski definition) is 7. The average Bonchev–Trinajstić information content (AvgIpc) is 3.17. The summed E-state index contributed by atoms with van der Waals surface area (Å²) in [6.07, 6.45) is -2.97. The lowest BCUT2D eigenvalue weighted by atomic mass is 9.97. The van der Waals surface area contributed by atoms with E-state index in [2.05, 4.69) is 24.3 Å². The Kier molecular flexibility index (Phi) is 13.0. The van der Waals surface area contributed by atoms with Gasteiger partial charge in [0.15, 0.2) is 6.29 Å². The van der Waals surface area contributed by atoms with Crippen molar-refractivity contribution in [1.29, 1.82) is 0 Å². The van der Waals surface area contributed by atoms with Gasteiger partial charge in [-0.2, -0.15) is 0 Å². The summed E-state index contributed by atoms with van der Waals surface area (Å²) in [6.45, 7) is 2.10. The van der Waals surface area contributed by atoms with Gasteiger partial charge in [0, 0.05) is 0 Å². The maximum atomic E-state index is 6.80. The van der Waals surface area contributed by atoms with Crippen molar-refractivity contribution in [3.8, 4) is 5.75 Å². The van der Waals surface area contributed by atoms with Gasteiger partial charge in [-0.1, -0.05) is 133 Å². The molecule has 7 nitrogen and oxygen atoms in total. The summed E-state index contributed by atoms with van der Waals surface area (Å²) in [7, 11) is 1.65. The molecule has 5 aromatic rings. The lowest BCUT2D eigenvalue weighted by molar-refractivity contribution is -0.330. The molecular weight excluding hydrogens is 616 g/mol. The first kappa shape index (κ1) is 34.5. The topological polar surface area (TPSA) is 64.6 Å². The standard InChI is InChI=1S/C42H44O7/c1-43-37-24-22-36(23-25-37)30-48-42-41(47-29-35-20-12-5-13-21-35)40(46-28-34-18-10-4-11-19-34)39(45-27-33-16-8-3-9-17-33)38(49-42)31-44-26-32-14-6-2-7-15-32/h2-25,38-42H,26-31H2,1H3/t38?,39-,40-,41?,42+/m0/s1. The molecule has 5 aromatic carbocycles. The van der Waals surface area contributed by atoms with Crippen LogP contribution in [0, 0.1) is 0 Å². The second kappa shape index (κ2) is 18.4. The first-order valence-corrected chi connectivity index (χ1v) is 16.7. The van der Waals surface area contributed by atoms with Gasteiger partial charge in [0.05, 0.1) is 46.8 Å². The average molecular weight is 661 g/mol. The highest BCUT2D eigenvalue weighted by molar-refractivity contribution is 5.26. The lowest BCUT2D eigenvalue weighted by Crippen LogP contribution is -2.61. The van der Waals surface area contributed by atoms with E-state index < -0.39 is 30.7 Å². The predicted molar refractivity (Wildman–Crippen MR) is 188 cm³/mol. The van der Waals surface area contributed by atoms with E-state index >= 15 is 0 Å². The summed E-state index contributed by atoms with van der Waals surface area (Å²) in [6, 6.07) is 48.2. The van der Waals surface area contributed by atoms with Crippen LogP contribution < -0.4 is 4.74 Å². The van der Waals surface area contributed by atoms with Crippen molar-refractivity contribution < 1.29 is 33.2 Å². The fourth-order valence-electron chi connectivity index (χ4n) is 5.78. The van der Waals surface area contributed by atoms with Crippen LogP contribution >= 0.6 is 0 Å². The Bertz CT molecular complexity index is 1620. The van der Waals surface area contributed by atoms with Crippen molar-refractivity contribution in [2.24, 2.45) is 0 Å². The van der Waals surface area contributed by atoms with Gasteiger partial charge in [0.2, 0.25) is 0 Å². The second-order valence-corrected chi connectivity index (χ2v) is 12.0. The van der Waals surface area contributed by atoms with Crippen LogP contribution in [0.25, 0.3) is 0 Å². The minimum absolute atomic E-state index is 0.271. The predicted octanol–water partition coefficient (Wildman–Crippen LogP) is 7.91. The summed E-state index contributed by atoms with van der Waals surface area (Å²) in [5, 5.41) is 0. The molecule has 0 bridgehead atoms. The molecule has 49 heavy (non-hydrogen) atoms. The van der Waals surface area contributed by atoms with Gasteiger partial charge in [-0.05, 0) is 39.9 Å². The van der Waals surface area contributed by atoms with Crippen LogP contribution in [-0.2, 0) is 61.5 Å². The maximum Gasteiger partial charge on any atom is 0.187 e. The number of methoxy groups -OCH3 is 1. The Labute approximate surface area is 289 Å². The summed E-state index contributed by atoms with van der Waals surface area (Å²) < 4.78 is 45.2. The van der Waals surface area contributed by atoms with Gasteiger partial charge >= 0.3 is 0 Å². The summed E-state index contributed by atoms with van der Waals surface area (Å²) in [4.78, 5) is 0. The summed E-state index contributed by atoms with van der Waals surface area (Å²) >= 11 is 0. The summed E-state index contributed by atoms with van der Waals surface area (Å²) in [5.74, 6) is 0.783. The van der Waals surface area contributed by atoms with Crippen molar-refractivity contribution >= 4 is 0 Å². The molecule has 1 aliphatic rings. The molecule has 0 amide bonds. The molecule has 5 atom stereocenters. The number of benzene rings is 5. The summed E-state index contributed by atoms with van der Waals surface area (Å²) in [5.41, 5.74) is 5.19. The molecule has 7 heteroatoms. The van der Waals surface area contributed by atoms with E-state index in [1.807, 2.05) is 121 Å². The van der Waals surface area contributed by atoms with Crippen molar-refractivity contribution in [2.75, 3.05) is 13.7 Å². The first-order valence-electron chi connectivity index (χ1n) is 16.7. The molecule has 1 fully saturated rings. The third-order valence-corrected chi connectivity index (χ3v) is 8.41. The molecule has 0 N–H and O–H groups in total. The Morgan fingerprint density at radius 1 is 0.429 bits per heavy atom. The third kappa shape index (κ3) is 10.3. The Hall–Kier alpha value is -4.34. The smallest absolute Gasteiger partial charge is 0.187 e. The van der Waals surface area contributed by atoms with E-state index in [1.165, 1.54) is 0 Å². The lowest BCUT2D eigenvalue weighted by Gasteiger charge is -2.46. The van der Waals surface area contributed by atoms with Crippen molar-refractivity contribution in [3.63, 3.8) is 0 Å². The highest BCUT2D eigenvalue weighted by Gasteiger charge is 2.49. The Morgan fingerprint density at radius 2 is 0.837 bits per heavy atom. The zero-order chi connectivity index (χ0) is 33.5. The number of ether oxygens (including phenoxy) is 7. The molecule has 1 heterocycles. The maximum absolute atomic E-state index is 6.80. The van der Waals surface area contributed by atoms with Crippen LogP contribution in [0.1, 0.15) is 27.8 Å². The van der Waals surface area contributed by atoms with Crippen LogP contribution in [0.3, 0.4) is 0 Å². The third-order valence-electron chi connectivity index (χ3n) is 8.41. The SMILES string of the molecule is COc1ccc(CO[C@@H]2OC(COCc3ccccc3)[C@H](OCc3ccccc3)[C@H](OCc3ccccc3)C2OCc2ccccc2)cc1. The minimum Gasteiger partial charge on any atom is -0.497 e. The van der Waals surface area contributed by atoms with E-state index in [1.54, 1.807) is 7.11 Å². The quantitative estimate of drug-likeness (QED) is 0.100. The molecule has 0 saturated carbocycles. The van der Waals surface area contributed by atoms with Crippen LogP contribution in [-0.4, -0.2) is 44.4 Å². The molecule has 6 rings (SSSR count). The van der Waals surface area contributed by atoms with E-state index in [0.29, 0.717) is 33.0 Å². The normalized spacial score (nSPS) is 20.6. The van der Waals surface area contributed by atoms with E-state index in [-0.39, 0.29) is 6.61 Å². The molecule has 0 radical (unpaired) electrons. The highest BCUT2D eigenvalue weighted by Crippen LogP contribution is 2.32. The molecule has 1 aliphatic heterocycles. The van der Waals surface area contributed by atoms with Gasteiger partial charge in [-0.25, -0.2) is 0 Å². The van der Waals surface area contributed by atoms with E-state index in [0.717, 1.165) is 33.6 Å². The molecule has 254 valence electrons. The molecule has 1 saturated heterocycles. The molecule has 2 unspecified atom stereocenters. The molecular formula is C42H44O7. The molecule has 0 aromatic heterocycles. The van der Waals surface area contributed by atoms with Crippen molar-refractivity contribution in [3.05, 3.63) is 173 Å². The fraction of sp³-hybridized carbons (Fsp3) is 0.286. The Balaban J connectivity index is 1.29. The van der Waals surface area contributed by atoms with Crippen LogP contribution in [0.15, 0.2) is 146 Å². The zero-order valence-electron chi connectivity index (χ0n) is 27.8. The van der Waals surface area contributed by atoms with Gasteiger partial charge in [0.25, 0.3) is 0 Å². The van der Waals surface area contributed by atoms with Crippen LogP contribution in [0.5, 0.6) is 5.75 Å². The monoisotopic (exact) mass is 660 g/mol. The highest BCUT2D eigenvalue weighted by atomic mass is 16.7. The first-order chi connectivity index (χ1) is 24.2. The van der Waals surface area contributed by atoms with E-state index in [4.69, 9.17) is 33.2 Å². The van der Waals surface area contributed by atoms with Crippen molar-refractivity contribution in [2.45, 2.75) is 63.7 Å². The number of rotatable bonds is 17. The minimum atomic E-state index is -0.770. The second-order valence-electron chi connectivity index (χ2n) is 12.0. The van der Waals surface area contributed by atoms with Gasteiger partial charge in [-0.15, -0.1) is 0 Å². The zero-order valence-corrected chi connectivity index (χ0v) is 27.8. The largest absolute Gasteiger partial charge is 0.497 e. The van der Waals surface area contributed by atoms with Crippen LogP contribution in [0.2, 0.25) is 0 Å². The number of hydrogen-bond donors (Lipinski definition) is 0. The Morgan fingerprint density at radius 3 is 1.33 bits per heavy atom. The van der Waals surface area contributed by atoms with Crippen LogP contribution in [0.4, 0.5) is 0 Å².